The average molecular weight is 191 g/mol. The molecule has 0 aliphatic heterocycles. The summed E-state index contributed by atoms with van der Waals surface area (Å²) in [5, 5.41) is 0. The molecule has 0 spiro atoms. The summed E-state index contributed by atoms with van der Waals surface area (Å²) in [6, 6.07) is 7.58. The zero-order chi connectivity index (χ0) is 10.4. The van der Waals surface area contributed by atoms with E-state index in [-0.39, 0.29) is 5.92 Å². The molecule has 0 saturated heterocycles. The van der Waals surface area contributed by atoms with Crippen molar-refractivity contribution < 1.29 is 9.53 Å². The number of hydrogen-bond acceptors (Lipinski definition) is 2. The second kappa shape index (κ2) is 5.43. The van der Waals surface area contributed by atoms with Gasteiger partial charge in [0.25, 0.3) is 0 Å². The fourth-order valence-electron chi connectivity index (χ4n) is 1.14. The van der Waals surface area contributed by atoms with Crippen molar-refractivity contribution in [3.05, 3.63) is 29.8 Å². The number of benzene rings is 1. The number of rotatable bonds is 5. The van der Waals surface area contributed by atoms with E-state index in [1.54, 1.807) is 0 Å². The van der Waals surface area contributed by atoms with E-state index in [1.807, 2.05) is 37.5 Å². The minimum Gasteiger partial charge on any atom is -0.494 e. The van der Waals surface area contributed by atoms with Crippen LogP contribution in [0.15, 0.2) is 24.3 Å². The molecule has 75 valence electrons. The predicted octanol–water partition coefficient (Wildman–Crippen LogP) is 2.69. The first-order valence-electron chi connectivity index (χ1n) is 4.88. The van der Waals surface area contributed by atoms with Gasteiger partial charge in [-0.2, -0.15) is 0 Å². The SMILES string of the molecule is CCCOc1ccc(C(C)[C]=O)cc1. The molecule has 0 heterocycles. The van der Waals surface area contributed by atoms with E-state index in [1.165, 1.54) is 0 Å². The van der Waals surface area contributed by atoms with Gasteiger partial charge in [0.05, 0.1) is 6.61 Å². The minimum atomic E-state index is -0.157. The quantitative estimate of drug-likeness (QED) is 0.715. The molecule has 1 rings (SSSR count). The van der Waals surface area contributed by atoms with Gasteiger partial charge in [0.15, 0.2) is 0 Å². The Kier molecular flexibility index (Phi) is 4.17. The van der Waals surface area contributed by atoms with Gasteiger partial charge in [0.2, 0.25) is 6.29 Å². The van der Waals surface area contributed by atoms with Gasteiger partial charge < -0.3 is 4.74 Å². The Labute approximate surface area is 84.9 Å². The van der Waals surface area contributed by atoms with Crippen molar-refractivity contribution in [2.24, 2.45) is 0 Å². The molecule has 0 aliphatic rings. The van der Waals surface area contributed by atoms with Crippen LogP contribution >= 0.6 is 0 Å². The van der Waals surface area contributed by atoms with E-state index < -0.39 is 0 Å². The van der Waals surface area contributed by atoms with Crippen LogP contribution in [0.1, 0.15) is 31.7 Å². The maximum Gasteiger partial charge on any atom is 0.206 e. The average Bonchev–Trinajstić information content (AvgIpc) is 2.26. The van der Waals surface area contributed by atoms with E-state index in [0.717, 1.165) is 24.3 Å². The molecule has 14 heavy (non-hydrogen) atoms. The van der Waals surface area contributed by atoms with E-state index >= 15 is 0 Å². The van der Waals surface area contributed by atoms with Crippen molar-refractivity contribution in [1.29, 1.82) is 0 Å². The molecule has 1 atom stereocenters. The molecule has 0 bridgehead atoms. The molecule has 0 aliphatic carbocycles. The van der Waals surface area contributed by atoms with Crippen LogP contribution in [0.2, 0.25) is 0 Å². The third-order valence-corrected chi connectivity index (χ3v) is 2.03. The first kappa shape index (κ1) is 10.8. The van der Waals surface area contributed by atoms with Gasteiger partial charge in [0.1, 0.15) is 5.75 Å². The van der Waals surface area contributed by atoms with Crippen LogP contribution in [0.3, 0.4) is 0 Å². The summed E-state index contributed by atoms with van der Waals surface area (Å²) < 4.78 is 5.42. The molecule has 2 nitrogen and oxygen atoms in total. The Morgan fingerprint density at radius 2 is 2.00 bits per heavy atom. The van der Waals surface area contributed by atoms with Crippen LogP contribution in [0.25, 0.3) is 0 Å². The lowest BCUT2D eigenvalue weighted by atomic mass is 10.0. The number of ether oxygens (including phenoxy) is 1. The maximum absolute atomic E-state index is 10.4. The van der Waals surface area contributed by atoms with Crippen molar-refractivity contribution in [1.82, 2.24) is 0 Å². The van der Waals surface area contributed by atoms with Crippen molar-refractivity contribution in [2.75, 3.05) is 6.61 Å². The van der Waals surface area contributed by atoms with Crippen molar-refractivity contribution in [3.63, 3.8) is 0 Å². The summed E-state index contributed by atoms with van der Waals surface area (Å²) in [5.41, 5.74) is 0.976. The summed E-state index contributed by atoms with van der Waals surface area (Å²) in [5.74, 6) is 0.698. The molecule has 0 fully saturated rings. The van der Waals surface area contributed by atoms with Crippen LogP contribution in [0.4, 0.5) is 0 Å². The molecule has 2 heteroatoms. The van der Waals surface area contributed by atoms with Crippen LogP contribution < -0.4 is 4.74 Å². The Morgan fingerprint density at radius 3 is 2.50 bits per heavy atom. The lowest BCUT2D eigenvalue weighted by Gasteiger charge is -2.06. The third kappa shape index (κ3) is 2.87. The molecule has 1 radical (unpaired) electrons. The smallest absolute Gasteiger partial charge is 0.206 e. The molecule has 0 N–H and O–H groups in total. The summed E-state index contributed by atoms with van der Waals surface area (Å²) in [6.45, 7) is 4.63. The van der Waals surface area contributed by atoms with Gasteiger partial charge in [-0.05, 0) is 24.1 Å². The highest BCUT2D eigenvalue weighted by Gasteiger charge is 2.03. The number of hydrogen-bond donors (Lipinski definition) is 0. The zero-order valence-corrected chi connectivity index (χ0v) is 8.62. The normalized spacial score (nSPS) is 12.1. The lowest BCUT2D eigenvalue weighted by Crippen LogP contribution is -1.97. The summed E-state index contributed by atoms with van der Waals surface area (Å²) in [4.78, 5) is 10.4. The fraction of sp³-hybridized carbons (Fsp3) is 0.417. The van der Waals surface area contributed by atoms with Crippen LogP contribution in [-0.2, 0) is 4.79 Å². The fourth-order valence-corrected chi connectivity index (χ4v) is 1.14. The Balaban J connectivity index is 2.63. The highest BCUT2D eigenvalue weighted by molar-refractivity contribution is 5.62. The molecule has 1 unspecified atom stereocenters. The maximum atomic E-state index is 10.4. The van der Waals surface area contributed by atoms with Crippen molar-refractivity contribution in [2.45, 2.75) is 26.2 Å². The molecule has 0 aromatic heterocycles. The standard InChI is InChI=1S/C12H15O2/c1-3-8-14-12-6-4-11(5-7-12)10(2)9-13/h4-7,10H,3,8H2,1-2H3. The molecular formula is C12H15O2. The zero-order valence-electron chi connectivity index (χ0n) is 8.62. The molecule has 1 aromatic carbocycles. The largest absolute Gasteiger partial charge is 0.494 e. The Bertz CT molecular complexity index is 277. The van der Waals surface area contributed by atoms with E-state index in [9.17, 15) is 4.79 Å². The van der Waals surface area contributed by atoms with Crippen LogP contribution in [-0.4, -0.2) is 12.9 Å². The first-order valence-corrected chi connectivity index (χ1v) is 4.88. The Hall–Kier alpha value is -1.31. The van der Waals surface area contributed by atoms with Crippen LogP contribution in [0.5, 0.6) is 5.75 Å². The second-order valence-electron chi connectivity index (χ2n) is 3.26. The molecule has 0 amide bonds. The monoisotopic (exact) mass is 191 g/mol. The predicted molar refractivity (Wildman–Crippen MR) is 56.3 cm³/mol. The molecular weight excluding hydrogens is 176 g/mol. The van der Waals surface area contributed by atoms with Crippen molar-refractivity contribution in [3.8, 4) is 5.75 Å². The summed E-state index contributed by atoms with van der Waals surface area (Å²) in [7, 11) is 0. The van der Waals surface area contributed by atoms with E-state index in [0.29, 0.717) is 0 Å². The molecule has 1 aromatic rings. The van der Waals surface area contributed by atoms with Gasteiger partial charge in [0, 0.05) is 5.92 Å². The first-order chi connectivity index (χ1) is 6.77. The number of carbonyl (C=O) groups excluding carboxylic acids is 1. The van der Waals surface area contributed by atoms with Gasteiger partial charge in [-0.1, -0.05) is 26.0 Å². The lowest BCUT2D eigenvalue weighted by molar-refractivity contribution is 0.317. The van der Waals surface area contributed by atoms with Gasteiger partial charge >= 0.3 is 0 Å². The summed E-state index contributed by atoms with van der Waals surface area (Å²) in [6.07, 6.45) is 2.95. The highest BCUT2D eigenvalue weighted by atomic mass is 16.5. The van der Waals surface area contributed by atoms with Gasteiger partial charge in [-0.15, -0.1) is 0 Å². The van der Waals surface area contributed by atoms with Crippen LogP contribution in [0, 0.1) is 0 Å². The topological polar surface area (TPSA) is 26.3 Å². The minimum absolute atomic E-state index is 0.157. The second-order valence-corrected chi connectivity index (χ2v) is 3.26. The molecule has 0 saturated carbocycles. The van der Waals surface area contributed by atoms with Crippen molar-refractivity contribution >= 4 is 6.29 Å². The van der Waals surface area contributed by atoms with Gasteiger partial charge in [-0.3, -0.25) is 4.79 Å². The third-order valence-electron chi connectivity index (χ3n) is 2.03. The Morgan fingerprint density at radius 1 is 1.36 bits per heavy atom. The van der Waals surface area contributed by atoms with E-state index in [2.05, 4.69) is 6.92 Å². The van der Waals surface area contributed by atoms with Gasteiger partial charge in [-0.25, -0.2) is 0 Å². The summed E-state index contributed by atoms with van der Waals surface area (Å²) >= 11 is 0. The van der Waals surface area contributed by atoms with E-state index in [4.69, 9.17) is 4.74 Å². The highest BCUT2D eigenvalue weighted by Crippen LogP contribution is 2.17.